The van der Waals surface area contributed by atoms with Crippen molar-refractivity contribution in [2.75, 3.05) is 5.32 Å². The van der Waals surface area contributed by atoms with Crippen LogP contribution in [-0.4, -0.2) is 9.78 Å². The summed E-state index contributed by atoms with van der Waals surface area (Å²) in [4.78, 5) is 0. The van der Waals surface area contributed by atoms with E-state index in [-0.39, 0.29) is 6.04 Å². The predicted molar refractivity (Wildman–Crippen MR) is 75.8 cm³/mol. The third-order valence-electron chi connectivity index (χ3n) is 3.27. The Labute approximate surface area is 117 Å². The van der Waals surface area contributed by atoms with E-state index >= 15 is 0 Å². The van der Waals surface area contributed by atoms with Crippen LogP contribution in [0.5, 0.6) is 0 Å². The van der Waals surface area contributed by atoms with Crippen LogP contribution in [-0.2, 0) is 6.54 Å². The maximum Gasteiger partial charge on any atom is 0.159 e. The van der Waals surface area contributed by atoms with Gasteiger partial charge >= 0.3 is 0 Å². The maximum absolute atomic E-state index is 13.2. The Hall–Kier alpha value is -1.91. The molecule has 0 spiro atoms. The number of nitrogens with zero attached hydrogens (tertiary/aromatic N) is 2. The van der Waals surface area contributed by atoms with Crippen LogP contribution in [0.1, 0.15) is 36.8 Å². The quantitative estimate of drug-likeness (QED) is 0.917. The van der Waals surface area contributed by atoms with Gasteiger partial charge in [-0.05, 0) is 45.4 Å². The summed E-state index contributed by atoms with van der Waals surface area (Å²) in [6, 6.07) is 4.21. The van der Waals surface area contributed by atoms with Gasteiger partial charge in [0.1, 0.15) is 0 Å². The van der Waals surface area contributed by atoms with E-state index in [1.54, 1.807) is 6.07 Å². The van der Waals surface area contributed by atoms with Crippen LogP contribution in [0.2, 0.25) is 0 Å². The predicted octanol–water partition coefficient (Wildman–Crippen LogP) is 3.97. The van der Waals surface area contributed by atoms with Gasteiger partial charge < -0.3 is 5.32 Å². The Morgan fingerprint density at radius 2 is 1.90 bits per heavy atom. The van der Waals surface area contributed by atoms with Gasteiger partial charge in [-0.2, -0.15) is 5.10 Å². The molecular formula is C15H19F2N3. The van der Waals surface area contributed by atoms with Crippen molar-refractivity contribution in [1.29, 1.82) is 0 Å². The van der Waals surface area contributed by atoms with E-state index < -0.39 is 11.6 Å². The molecule has 0 amide bonds. The smallest absolute Gasteiger partial charge is 0.159 e. The minimum atomic E-state index is -0.825. The Morgan fingerprint density at radius 1 is 1.20 bits per heavy atom. The zero-order valence-corrected chi connectivity index (χ0v) is 12.2. The van der Waals surface area contributed by atoms with Crippen LogP contribution in [0.3, 0.4) is 0 Å². The molecule has 0 radical (unpaired) electrons. The van der Waals surface area contributed by atoms with Crippen LogP contribution >= 0.6 is 0 Å². The molecule has 5 heteroatoms. The molecule has 2 aromatic rings. The summed E-state index contributed by atoms with van der Waals surface area (Å²) >= 11 is 0. The fourth-order valence-electron chi connectivity index (χ4n) is 2.26. The third-order valence-corrected chi connectivity index (χ3v) is 3.27. The summed E-state index contributed by atoms with van der Waals surface area (Å²) in [5.41, 5.74) is 3.59. The van der Waals surface area contributed by atoms with Crippen molar-refractivity contribution in [3.63, 3.8) is 0 Å². The second-order valence-corrected chi connectivity index (χ2v) is 5.19. The van der Waals surface area contributed by atoms with Gasteiger partial charge in [0.25, 0.3) is 0 Å². The highest BCUT2D eigenvalue weighted by Gasteiger charge is 2.13. The summed E-state index contributed by atoms with van der Waals surface area (Å²) in [7, 11) is 0. The molecule has 108 valence electrons. The van der Waals surface area contributed by atoms with E-state index in [1.807, 2.05) is 18.5 Å². The number of benzene rings is 1. The van der Waals surface area contributed by atoms with Crippen molar-refractivity contribution in [2.24, 2.45) is 0 Å². The van der Waals surface area contributed by atoms with Gasteiger partial charge in [0.05, 0.1) is 17.1 Å². The molecule has 0 saturated heterocycles. The number of halogens is 2. The molecule has 0 atom stereocenters. The topological polar surface area (TPSA) is 29.9 Å². The van der Waals surface area contributed by atoms with Crippen molar-refractivity contribution in [3.8, 4) is 0 Å². The largest absolute Gasteiger partial charge is 0.378 e. The van der Waals surface area contributed by atoms with E-state index in [2.05, 4.69) is 24.3 Å². The normalized spacial score (nSPS) is 11.2. The van der Waals surface area contributed by atoms with E-state index in [0.717, 1.165) is 23.1 Å². The lowest BCUT2D eigenvalue weighted by Crippen LogP contribution is -2.06. The molecule has 2 rings (SSSR count). The fraction of sp³-hybridized carbons (Fsp3) is 0.400. The molecule has 0 unspecified atom stereocenters. The molecule has 0 aliphatic rings. The lowest BCUT2D eigenvalue weighted by atomic mass is 10.2. The van der Waals surface area contributed by atoms with Crippen molar-refractivity contribution in [2.45, 2.75) is 40.3 Å². The van der Waals surface area contributed by atoms with Crippen LogP contribution in [0.25, 0.3) is 0 Å². The van der Waals surface area contributed by atoms with Gasteiger partial charge in [0, 0.05) is 12.6 Å². The number of aryl methyl sites for hydroxylation is 1. The van der Waals surface area contributed by atoms with Gasteiger partial charge in [-0.1, -0.05) is 6.07 Å². The highest BCUT2D eigenvalue weighted by Crippen LogP contribution is 2.23. The van der Waals surface area contributed by atoms with Crippen molar-refractivity contribution in [1.82, 2.24) is 9.78 Å². The first-order valence-corrected chi connectivity index (χ1v) is 6.63. The minimum absolute atomic E-state index is 0.285. The van der Waals surface area contributed by atoms with Gasteiger partial charge in [-0.15, -0.1) is 0 Å². The average molecular weight is 279 g/mol. The maximum atomic E-state index is 13.2. The monoisotopic (exact) mass is 279 g/mol. The molecular weight excluding hydrogens is 260 g/mol. The molecule has 0 saturated carbocycles. The molecule has 1 heterocycles. The van der Waals surface area contributed by atoms with Gasteiger partial charge in [0.15, 0.2) is 11.6 Å². The molecule has 0 aliphatic heterocycles. The van der Waals surface area contributed by atoms with E-state index in [9.17, 15) is 8.78 Å². The molecule has 1 aromatic carbocycles. The second-order valence-electron chi connectivity index (χ2n) is 5.19. The Bertz CT molecular complexity index is 618. The first-order valence-electron chi connectivity index (χ1n) is 6.63. The standard InChI is InChI=1S/C15H19F2N3/c1-9(2)20-11(4)15(10(3)19-20)18-8-12-5-6-13(16)14(17)7-12/h5-7,9,18H,8H2,1-4H3. The summed E-state index contributed by atoms with van der Waals surface area (Å²) in [5.74, 6) is -1.65. The zero-order chi connectivity index (χ0) is 14.9. The van der Waals surface area contributed by atoms with E-state index in [4.69, 9.17) is 0 Å². The number of hydrogen-bond donors (Lipinski definition) is 1. The number of anilines is 1. The van der Waals surface area contributed by atoms with Crippen LogP contribution in [0.4, 0.5) is 14.5 Å². The van der Waals surface area contributed by atoms with Crippen LogP contribution in [0.15, 0.2) is 18.2 Å². The van der Waals surface area contributed by atoms with E-state index in [0.29, 0.717) is 12.1 Å². The second kappa shape index (κ2) is 5.61. The van der Waals surface area contributed by atoms with Crippen LogP contribution < -0.4 is 5.32 Å². The number of nitrogens with one attached hydrogen (secondary N) is 1. The zero-order valence-electron chi connectivity index (χ0n) is 12.2. The van der Waals surface area contributed by atoms with Crippen molar-refractivity contribution in [3.05, 3.63) is 46.8 Å². The van der Waals surface area contributed by atoms with E-state index in [1.165, 1.54) is 6.07 Å². The fourth-order valence-corrected chi connectivity index (χ4v) is 2.26. The third kappa shape index (κ3) is 2.81. The van der Waals surface area contributed by atoms with Crippen molar-refractivity contribution < 1.29 is 8.78 Å². The van der Waals surface area contributed by atoms with Gasteiger partial charge in [0.2, 0.25) is 0 Å². The summed E-state index contributed by atoms with van der Waals surface area (Å²) in [6.45, 7) is 8.49. The first kappa shape index (κ1) is 14.5. The Morgan fingerprint density at radius 3 is 2.45 bits per heavy atom. The minimum Gasteiger partial charge on any atom is -0.378 e. The average Bonchev–Trinajstić information content (AvgIpc) is 2.67. The lowest BCUT2D eigenvalue weighted by molar-refractivity contribution is 0.507. The summed E-state index contributed by atoms with van der Waals surface area (Å²) < 4.78 is 28.0. The highest BCUT2D eigenvalue weighted by molar-refractivity contribution is 5.52. The molecule has 1 aromatic heterocycles. The summed E-state index contributed by atoms with van der Waals surface area (Å²) in [6.07, 6.45) is 0. The first-order chi connectivity index (χ1) is 9.40. The van der Waals surface area contributed by atoms with Gasteiger partial charge in [-0.25, -0.2) is 8.78 Å². The number of hydrogen-bond acceptors (Lipinski definition) is 2. The molecule has 3 nitrogen and oxygen atoms in total. The molecule has 0 fully saturated rings. The molecule has 1 N–H and O–H groups in total. The Balaban J connectivity index is 2.16. The number of aromatic nitrogens is 2. The molecule has 0 aliphatic carbocycles. The van der Waals surface area contributed by atoms with Gasteiger partial charge in [-0.3, -0.25) is 4.68 Å². The Kier molecular flexibility index (Phi) is 4.06. The molecule has 0 bridgehead atoms. The highest BCUT2D eigenvalue weighted by atomic mass is 19.2. The van der Waals surface area contributed by atoms with Crippen LogP contribution in [0, 0.1) is 25.5 Å². The SMILES string of the molecule is Cc1nn(C(C)C)c(C)c1NCc1ccc(F)c(F)c1. The van der Waals surface area contributed by atoms with Crippen molar-refractivity contribution >= 4 is 5.69 Å². The summed E-state index contributed by atoms with van der Waals surface area (Å²) in [5, 5.41) is 7.72. The lowest BCUT2D eigenvalue weighted by Gasteiger charge is -2.10. The molecule has 20 heavy (non-hydrogen) atoms. The number of rotatable bonds is 4.